The van der Waals surface area contributed by atoms with Crippen LogP contribution in [0, 0.1) is 0 Å². The SMILES string of the molecule is O=C(OCc1ccc(Br)cn1)c1cccnc1. The monoisotopic (exact) mass is 292 g/mol. The van der Waals surface area contributed by atoms with Crippen LogP contribution in [0.5, 0.6) is 0 Å². The molecular formula is C12H9BrN2O2. The summed E-state index contributed by atoms with van der Waals surface area (Å²) in [5.41, 5.74) is 1.13. The molecule has 2 aromatic heterocycles. The van der Waals surface area contributed by atoms with E-state index in [1.54, 1.807) is 30.6 Å². The first kappa shape index (κ1) is 11.7. The van der Waals surface area contributed by atoms with Crippen LogP contribution in [0.4, 0.5) is 0 Å². The zero-order chi connectivity index (χ0) is 12.1. The molecular weight excluding hydrogens is 284 g/mol. The minimum Gasteiger partial charge on any atom is -0.456 e. The van der Waals surface area contributed by atoms with Crippen LogP contribution in [-0.4, -0.2) is 15.9 Å². The normalized spacial score (nSPS) is 9.94. The second-order valence-corrected chi connectivity index (χ2v) is 4.20. The molecule has 0 aliphatic carbocycles. The molecule has 0 saturated heterocycles. The van der Waals surface area contributed by atoms with Crippen LogP contribution < -0.4 is 0 Å². The number of aromatic nitrogens is 2. The molecule has 5 heteroatoms. The maximum atomic E-state index is 11.6. The summed E-state index contributed by atoms with van der Waals surface area (Å²) in [6.45, 7) is 0.154. The van der Waals surface area contributed by atoms with Crippen molar-refractivity contribution in [2.45, 2.75) is 6.61 Å². The number of ether oxygens (including phenoxy) is 1. The van der Waals surface area contributed by atoms with Gasteiger partial charge in [-0.2, -0.15) is 0 Å². The molecule has 4 nitrogen and oxygen atoms in total. The molecule has 0 aromatic carbocycles. The number of esters is 1. The fourth-order valence-electron chi connectivity index (χ4n) is 1.20. The van der Waals surface area contributed by atoms with Crippen LogP contribution in [0.25, 0.3) is 0 Å². The molecule has 0 fully saturated rings. The van der Waals surface area contributed by atoms with Gasteiger partial charge in [0.25, 0.3) is 0 Å². The Morgan fingerprint density at radius 1 is 1.29 bits per heavy atom. The van der Waals surface area contributed by atoms with Gasteiger partial charge in [-0.15, -0.1) is 0 Å². The number of hydrogen-bond donors (Lipinski definition) is 0. The third kappa shape index (κ3) is 3.35. The van der Waals surface area contributed by atoms with Crippen molar-refractivity contribution in [1.82, 2.24) is 9.97 Å². The molecule has 0 saturated carbocycles. The van der Waals surface area contributed by atoms with E-state index in [4.69, 9.17) is 4.74 Å². The number of nitrogens with zero attached hydrogens (tertiary/aromatic N) is 2. The Labute approximate surface area is 107 Å². The average Bonchev–Trinajstić information content (AvgIpc) is 2.39. The van der Waals surface area contributed by atoms with Gasteiger partial charge in [-0.25, -0.2) is 4.79 Å². The van der Waals surface area contributed by atoms with E-state index in [1.807, 2.05) is 6.07 Å². The van der Waals surface area contributed by atoms with Crippen molar-refractivity contribution in [1.29, 1.82) is 0 Å². The van der Waals surface area contributed by atoms with Gasteiger partial charge in [-0.3, -0.25) is 9.97 Å². The minimum absolute atomic E-state index is 0.154. The Morgan fingerprint density at radius 2 is 2.18 bits per heavy atom. The van der Waals surface area contributed by atoms with Crippen molar-refractivity contribution < 1.29 is 9.53 Å². The van der Waals surface area contributed by atoms with E-state index in [0.29, 0.717) is 11.3 Å². The standard InChI is InChI=1S/C12H9BrN2O2/c13-10-3-4-11(15-7-10)8-17-12(16)9-2-1-5-14-6-9/h1-7H,8H2. The van der Waals surface area contributed by atoms with Gasteiger partial charge in [0.2, 0.25) is 0 Å². The lowest BCUT2D eigenvalue weighted by Gasteiger charge is -2.03. The summed E-state index contributed by atoms with van der Waals surface area (Å²) in [6, 6.07) is 6.99. The highest BCUT2D eigenvalue weighted by Gasteiger charge is 2.07. The van der Waals surface area contributed by atoms with Crippen molar-refractivity contribution in [2.24, 2.45) is 0 Å². The Kier molecular flexibility index (Phi) is 3.82. The van der Waals surface area contributed by atoms with Crippen LogP contribution in [0.15, 0.2) is 47.3 Å². The average molecular weight is 293 g/mol. The maximum Gasteiger partial charge on any atom is 0.340 e. The Bertz CT molecular complexity index is 500. The van der Waals surface area contributed by atoms with Gasteiger partial charge in [0.05, 0.1) is 11.3 Å². The van der Waals surface area contributed by atoms with Crippen LogP contribution in [0.1, 0.15) is 16.1 Å². The molecule has 0 amide bonds. The van der Waals surface area contributed by atoms with Crippen LogP contribution >= 0.6 is 15.9 Å². The van der Waals surface area contributed by atoms with Gasteiger partial charge in [0.15, 0.2) is 0 Å². The molecule has 86 valence electrons. The molecule has 2 aromatic rings. The molecule has 0 spiro atoms. The number of halogens is 1. The molecule has 0 radical (unpaired) electrons. The van der Waals surface area contributed by atoms with Crippen molar-refractivity contribution in [3.05, 3.63) is 58.6 Å². The first-order valence-corrected chi connectivity index (χ1v) is 5.72. The number of carbonyl (C=O) groups excluding carboxylic acids is 1. The lowest BCUT2D eigenvalue weighted by Crippen LogP contribution is -2.06. The molecule has 17 heavy (non-hydrogen) atoms. The first-order valence-electron chi connectivity index (χ1n) is 4.93. The van der Waals surface area contributed by atoms with Gasteiger partial charge in [0, 0.05) is 23.1 Å². The van der Waals surface area contributed by atoms with Gasteiger partial charge in [0.1, 0.15) is 6.61 Å². The molecule has 0 aliphatic heterocycles. The highest BCUT2D eigenvalue weighted by molar-refractivity contribution is 9.10. The minimum atomic E-state index is -0.400. The second kappa shape index (κ2) is 5.54. The highest BCUT2D eigenvalue weighted by Crippen LogP contribution is 2.09. The second-order valence-electron chi connectivity index (χ2n) is 3.29. The number of pyridine rings is 2. The summed E-state index contributed by atoms with van der Waals surface area (Å²) >= 11 is 3.28. The molecule has 0 N–H and O–H groups in total. The van der Waals surface area contributed by atoms with E-state index in [2.05, 4.69) is 25.9 Å². The van der Waals surface area contributed by atoms with E-state index < -0.39 is 5.97 Å². The van der Waals surface area contributed by atoms with Crippen LogP contribution in [-0.2, 0) is 11.3 Å². The molecule has 0 bridgehead atoms. The fourth-order valence-corrected chi connectivity index (χ4v) is 1.43. The highest BCUT2D eigenvalue weighted by atomic mass is 79.9. The van der Waals surface area contributed by atoms with E-state index in [-0.39, 0.29) is 6.61 Å². The molecule has 2 rings (SSSR count). The quantitative estimate of drug-likeness (QED) is 0.816. The summed E-state index contributed by atoms with van der Waals surface area (Å²) in [4.78, 5) is 19.5. The van der Waals surface area contributed by atoms with E-state index in [9.17, 15) is 4.79 Å². The molecule has 2 heterocycles. The Morgan fingerprint density at radius 3 is 2.82 bits per heavy atom. The van der Waals surface area contributed by atoms with Crippen molar-refractivity contribution in [3.8, 4) is 0 Å². The largest absolute Gasteiger partial charge is 0.456 e. The van der Waals surface area contributed by atoms with E-state index in [0.717, 1.165) is 4.47 Å². The van der Waals surface area contributed by atoms with E-state index in [1.165, 1.54) is 6.20 Å². The molecule has 0 aliphatic rings. The summed E-state index contributed by atoms with van der Waals surface area (Å²) in [7, 11) is 0. The van der Waals surface area contributed by atoms with E-state index >= 15 is 0 Å². The first-order chi connectivity index (χ1) is 8.25. The van der Waals surface area contributed by atoms with Gasteiger partial charge < -0.3 is 4.74 Å². The maximum absolute atomic E-state index is 11.6. The third-order valence-electron chi connectivity index (χ3n) is 2.04. The lowest BCUT2D eigenvalue weighted by molar-refractivity contribution is 0.0467. The zero-order valence-electron chi connectivity index (χ0n) is 8.84. The number of carbonyl (C=O) groups is 1. The van der Waals surface area contributed by atoms with Gasteiger partial charge in [-0.1, -0.05) is 0 Å². The fraction of sp³-hybridized carbons (Fsp3) is 0.0833. The number of hydrogen-bond acceptors (Lipinski definition) is 4. The summed E-state index contributed by atoms with van der Waals surface area (Å²) in [5, 5.41) is 0. The van der Waals surface area contributed by atoms with Crippen molar-refractivity contribution >= 4 is 21.9 Å². The predicted molar refractivity (Wildman–Crippen MR) is 65.3 cm³/mol. The van der Waals surface area contributed by atoms with Crippen molar-refractivity contribution in [2.75, 3.05) is 0 Å². The Hall–Kier alpha value is -1.75. The summed E-state index contributed by atoms with van der Waals surface area (Å²) in [5.74, 6) is -0.400. The Balaban J connectivity index is 1.95. The topological polar surface area (TPSA) is 52.1 Å². The van der Waals surface area contributed by atoms with Crippen molar-refractivity contribution in [3.63, 3.8) is 0 Å². The predicted octanol–water partition coefficient (Wildman–Crippen LogP) is 2.60. The number of rotatable bonds is 3. The van der Waals surface area contributed by atoms with Gasteiger partial charge in [-0.05, 0) is 40.2 Å². The summed E-state index contributed by atoms with van der Waals surface area (Å²) in [6.07, 6.45) is 4.73. The summed E-state index contributed by atoms with van der Waals surface area (Å²) < 4.78 is 5.99. The third-order valence-corrected chi connectivity index (χ3v) is 2.51. The van der Waals surface area contributed by atoms with Crippen LogP contribution in [0.3, 0.4) is 0 Å². The van der Waals surface area contributed by atoms with Gasteiger partial charge >= 0.3 is 5.97 Å². The molecule has 0 unspecified atom stereocenters. The lowest BCUT2D eigenvalue weighted by atomic mass is 10.3. The molecule has 0 atom stereocenters. The van der Waals surface area contributed by atoms with Crippen LogP contribution in [0.2, 0.25) is 0 Å². The zero-order valence-corrected chi connectivity index (χ0v) is 10.4. The smallest absolute Gasteiger partial charge is 0.340 e.